The third-order valence-electron chi connectivity index (χ3n) is 3.63. The molecule has 1 aliphatic heterocycles. The second-order valence-corrected chi connectivity index (χ2v) is 6.72. The van der Waals surface area contributed by atoms with Crippen LogP contribution in [-0.2, 0) is 6.42 Å². The summed E-state index contributed by atoms with van der Waals surface area (Å²) >= 11 is 1.36. The number of para-hydroxylation sites is 2. The Morgan fingerprint density at radius 1 is 1.24 bits per heavy atom. The Kier molecular flexibility index (Phi) is 4.31. The second kappa shape index (κ2) is 6.75. The molecule has 0 saturated carbocycles. The maximum absolute atomic E-state index is 5.87. The Balaban J connectivity index is 1.44. The van der Waals surface area contributed by atoms with Crippen molar-refractivity contribution in [3.63, 3.8) is 0 Å². The third kappa shape index (κ3) is 3.32. The minimum absolute atomic E-state index is 0.0923. The van der Waals surface area contributed by atoms with Gasteiger partial charge in [-0.1, -0.05) is 36.0 Å². The molecule has 2 unspecified atom stereocenters. The lowest BCUT2D eigenvalue weighted by atomic mass is 10.2. The molecule has 2 atom stereocenters. The van der Waals surface area contributed by atoms with E-state index in [2.05, 4.69) is 20.3 Å². The van der Waals surface area contributed by atoms with Crippen molar-refractivity contribution < 1.29 is 18.4 Å². The van der Waals surface area contributed by atoms with Crippen molar-refractivity contribution in [1.29, 1.82) is 0 Å². The molecule has 3 aromatic rings. The number of benzene rings is 1. The Bertz CT molecular complexity index is 865. The first-order valence-corrected chi connectivity index (χ1v) is 8.82. The maximum atomic E-state index is 5.87. The fourth-order valence-electron chi connectivity index (χ4n) is 2.32. The molecule has 1 aromatic carbocycles. The van der Waals surface area contributed by atoms with Crippen molar-refractivity contribution in [2.24, 2.45) is 0 Å². The molecule has 0 N–H and O–H groups in total. The first-order chi connectivity index (χ1) is 12.2. The minimum atomic E-state index is -0.429. The molecule has 0 saturated heterocycles. The monoisotopic (exact) mass is 360 g/mol. The number of fused-ring (bicyclic) bond motifs is 1. The predicted molar refractivity (Wildman–Crippen MR) is 87.6 cm³/mol. The van der Waals surface area contributed by atoms with E-state index in [9.17, 15) is 0 Å². The van der Waals surface area contributed by atoms with Gasteiger partial charge in [-0.3, -0.25) is 0 Å². The molecule has 25 heavy (non-hydrogen) atoms. The lowest BCUT2D eigenvalue weighted by molar-refractivity contribution is 0.0686. The van der Waals surface area contributed by atoms with Gasteiger partial charge in [-0.15, -0.1) is 10.2 Å². The van der Waals surface area contributed by atoms with Gasteiger partial charge in [0, 0.05) is 6.42 Å². The fourth-order valence-corrected chi connectivity index (χ4v) is 3.04. The van der Waals surface area contributed by atoms with Crippen molar-refractivity contribution in [1.82, 2.24) is 20.3 Å². The van der Waals surface area contributed by atoms with Gasteiger partial charge in [0.15, 0.2) is 17.3 Å². The topological polar surface area (TPSA) is 96.3 Å². The highest BCUT2D eigenvalue weighted by molar-refractivity contribution is 7.99. The number of aromatic nitrogens is 4. The molecule has 2 aromatic heterocycles. The van der Waals surface area contributed by atoms with Gasteiger partial charge in [0.25, 0.3) is 11.1 Å². The van der Waals surface area contributed by atoms with Crippen molar-refractivity contribution in [3.8, 4) is 11.5 Å². The zero-order valence-electron chi connectivity index (χ0n) is 13.7. The van der Waals surface area contributed by atoms with E-state index in [0.29, 0.717) is 40.9 Å². The summed E-state index contributed by atoms with van der Waals surface area (Å²) in [6.45, 7) is 4.24. The largest absolute Gasteiger partial charge is 0.485 e. The van der Waals surface area contributed by atoms with Gasteiger partial charge < -0.3 is 18.4 Å². The molecular formula is C16H16N4O4S. The Hall–Kier alpha value is -2.55. The summed E-state index contributed by atoms with van der Waals surface area (Å²) < 4.78 is 22.5. The van der Waals surface area contributed by atoms with Gasteiger partial charge in [0.2, 0.25) is 12.0 Å². The summed E-state index contributed by atoms with van der Waals surface area (Å²) in [5, 5.41) is 12.4. The van der Waals surface area contributed by atoms with Crippen LogP contribution in [0, 0.1) is 0 Å². The predicted octanol–water partition coefficient (Wildman–Crippen LogP) is 3.38. The molecule has 8 nitrogen and oxygen atoms in total. The summed E-state index contributed by atoms with van der Waals surface area (Å²) in [4.78, 5) is 4.31. The average molecular weight is 360 g/mol. The van der Waals surface area contributed by atoms with Crippen LogP contribution in [0.1, 0.15) is 42.8 Å². The zero-order chi connectivity index (χ0) is 17.2. The van der Waals surface area contributed by atoms with Gasteiger partial charge in [0.05, 0.1) is 5.25 Å². The van der Waals surface area contributed by atoms with Crippen LogP contribution in [0.15, 0.2) is 38.4 Å². The molecule has 3 heterocycles. The molecule has 4 rings (SSSR count). The molecule has 1 aliphatic rings. The molecule has 0 radical (unpaired) electrons. The summed E-state index contributed by atoms with van der Waals surface area (Å²) in [6.07, 6.45) is 0.300. The third-order valence-corrected chi connectivity index (χ3v) is 4.55. The van der Waals surface area contributed by atoms with E-state index in [1.165, 1.54) is 11.8 Å². The summed E-state index contributed by atoms with van der Waals surface area (Å²) in [5.41, 5.74) is 0. The van der Waals surface area contributed by atoms with Crippen molar-refractivity contribution in [2.75, 3.05) is 6.61 Å². The SMILES string of the molecule is CCc1noc(C(C)Sc2nnc(C3COc4ccccc4O3)o2)n1. The van der Waals surface area contributed by atoms with Crippen molar-refractivity contribution in [3.05, 3.63) is 41.9 Å². The van der Waals surface area contributed by atoms with E-state index < -0.39 is 6.10 Å². The first kappa shape index (κ1) is 15.9. The standard InChI is InChI=1S/C16H16N4O4S/c1-3-13-17-14(24-20-13)9(2)25-16-19-18-15(23-16)12-8-21-10-6-4-5-7-11(10)22-12/h4-7,9,12H,3,8H2,1-2H3. The molecule has 0 bridgehead atoms. The van der Waals surface area contributed by atoms with E-state index in [1.807, 2.05) is 38.1 Å². The van der Waals surface area contributed by atoms with Gasteiger partial charge >= 0.3 is 0 Å². The Morgan fingerprint density at radius 3 is 2.88 bits per heavy atom. The summed E-state index contributed by atoms with van der Waals surface area (Å²) in [5.74, 6) is 2.97. The number of ether oxygens (including phenoxy) is 2. The zero-order valence-corrected chi connectivity index (χ0v) is 14.5. The van der Waals surface area contributed by atoms with Gasteiger partial charge in [-0.25, -0.2) is 0 Å². The van der Waals surface area contributed by atoms with Crippen LogP contribution in [0.3, 0.4) is 0 Å². The molecule has 0 spiro atoms. The normalized spacial score (nSPS) is 17.4. The fraction of sp³-hybridized carbons (Fsp3) is 0.375. The molecule has 0 aliphatic carbocycles. The highest BCUT2D eigenvalue weighted by Crippen LogP contribution is 2.37. The highest BCUT2D eigenvalue weighted by Gasteiger charge is 2.28. The van der Waals surface area contributed by atoms with Crippen molar-refractivity contribution in [2.45, 2.75) is 36.8 Å². The van der Waals surface area contributed by atoms with E-state index >= 15 is 0 Å². The van der Waals surface area contributed by atoms with E-state index in [-0.39, 0.29) is 5.25 Å². The highest BCUT2D eigenvalue weighted by atomic mass is 32.2. The van der Waals surface area contributed by atoms with Crippen LogP contribution in [0.2, 0.25) is 0 Å². The van der Waals surface area contributed by atoms with Crippen LogP contribution in [0.5, 0.6) is 11.5 Å². The van der Waals surface area contributed by atoms with Gasteiger partial charge in [-0.05, 0) is 19.1 Å². The van der Waals surface area contributed by atoms with Crippen LogP contribution in [-0.4, -0.2) is 26.9 Å². The molecular weight excluding hydrogens is 344 g/mol. The number of nitrogens with zero attached hydrogens (tertiary/aromatic N) is 4. The second-order valence-electron chi connectivity index (χ2n) is 5.43. The number of thioether (sulfide) groups is 1. The molecule has 0 amide bonds. The first-order valence-electron chi connectivity index (χ1n) is 7.94. The maximum Gasteiger partial charge on any atom is 0.277 e. The number of hydrogen-bond acceptors (Lipinski definition) is 9. The summed E-state index contributed by atoms with van der Waals surface area (Å²) in [6, 6.07) is 7.48. The van der Waals surface area contributed by atoms with Crippen LogP contribution < -0.4 is 9.47 Å². The van der Waals surface area contributed by atoms with E-state index in [4.69, 9.17) is 18.4 Å². The molecule has 9 heteroatoms. The average Bonchev–Trinajstić information content (AvgIpc) is 3.30. The Labute approximate surface area is 147 Å². The smallest absolute Gasteiger partial charge is 0.277 e. The van der Waals surface area contributed by atoms with Crippen LogP contribution in [0.25, 0.3) is 0 Å². The number of aryl methyl sites for hydroxylation is 1. The Morgan fingerprint density at radius 2 is 2.08 bits per heavy atom. The van der Waals surface area contributed by atoms with Crippen molar-refractivity contribution >= 4 is 11.8 Å². The quantitative estimate of drug-likeness (QED) is 0.634. The van der Waals surface area contributed by atoms with E-state index in [1.54, 1.807) is 0 Å². The lowest BCUT2D eigenvalue weighted by Gasteiger charge is -2.23. The van der Waals surface area contributed by atoms with Crippen LogP contribution >= 0.6 is 11.8 Å². The molecule has 0 fully saturated rings. The van der Waals surface area contributed by atoms with E-state index in [0.717, 1.165) is 6.42 Å². The summed E-state index contributed by atoms with van der Waals surface area (Å²) in [7, 11) is 0. The number of hydrogen-bond donors (Lipinski definition) is 0. The minimum Gasteiger partial charge on any atom is -0.485 e. The van der Waals surface area contributed by atoms with Gasteiger partial charge in [0.1, 0.15) is 6.61 Å². The van der Waals surface area contributed by atoms with Crippen LogP contribution in [0.4, 0.5) is 0 Å². The van der Waals surface area contributed by atoms with Gasteiger partial charge in [-0.2, -0.15) is 4.98 Å². The lowest BCUT2D eigenvalue weighted by Crippen LogP contribution is -2.21. The molecule has 130 valence electrons. The number of rotatable bonds is 5.